The molecule has 3 nitrogen and oxygen atoms in total. The Balaban J connectivity index is 0.000000263. The maximum atomic E-state index is 11.9. The second-order valence-corrected chi connectivity index (χ2v) is 7.52. The zero-order valence-corrected chi connectivity index (χ0v) is 16.9. The van der Waals surface area contributed by atoms with Gasteiger partial charge >= 0.3 is 5.97 Å². The van der Waals surface area contributed by atoms with Gasteiger partial charge in [-0.15, -0.1) is 0 Å². The molecule has 0 fully saturated rings. The van der Waals surface area contributed by atoms with Crippen molar-refractivity contribution in [2.24, 2.45) is 17.3 Å². The van der Waals surface area contributed by atoms with Crippen molar-refractivity contribution >= 4 is 11.8 Å². The fraction of sp³-hybridized carbons (Fsp3) is 0.478. The highest BCUT2D eigenvalue weighted by atomic mass is 16.5. The van der Waals surface area contributed by atoms with Gasteiger partial charge in [0.2, 0.25) is 0 Å². The summed E-state index contributed by atoms with van der Waals surface area (Å²) in [6, 6.07) is 9.58. The molecule has 1 aromatic rings. The van der Waals surface area contributed by atoms with E-state index in [1.54, 1.807) is 6.08 Å². The van der Waals surface area contributed by atoms with Crippen LogP contribution in [0.4, 0.5) is 0 Å². The van der Waals surface area contributed by atoms with Crippen LogP contribution in [0.3, 0.4) is 0 Å². The van der Waals surface area contributed by atoms with Crippen molar-refractivity contribution in [3.8, 4) is 0 Å². The summed E-state index contributed by atoms with van der Waals surface area (Å²) in [4.78, 5) is 23.0. The zero-order valence-electron chi connectivity index (χ0n) is 16.9. The van der Waals surface area contributed by atoms with E-state index in [2.05, 4.69) is 37.7 Å². The number of hydrogen-bond donors (Lipinski definition) is 0. The van der Waals surface area contributed by atoms with Gasteiger partial charge in [-0.05, 0) is 43.2 Å². The Labute approximate surface area is 158 Å². The first-order chi connectivity index (χ1) is 12.2. The lowest BCUT2D eigenvalue weighted by molar-refractivity contribution is -0.142. The Hall–Kier alpha value is -2.16. The molecule has 1 aliphatic carbocycles. The van der Waals surface area contributed by atoms with Gasteiger partial charge in [0, 0.05) is 5.92 Å². The maximum Gasteiger partial charge on any atom is 0.312 e. The van der Waals surface area contributed by atoms with Crippen LogP contribution in [-0.4, -0.2) is 18.9 Å². The van der Waals surface area contributed by atoms with E-state index in [9.17, 15) is 9.59 Å². The number of carbonyl (C=O) groups is 2. The molecule has 0 radical (unpaired) electrons. The first-order valence-corrected chi connectivity index (χ1v) is 9.20. The zero-order chi connectivity index (χ0) is 19.7. The smallest absolute Gasteiger partial charge is 0.312 e. The highest BCUT2D eigenvalue weighted by molar-refractivity contribution is 5.92. The number of ether oxygens (including phenoxy) is 1. The van der Waals surface area contributed by atoms with Crippen LogP contribution >= 0.6 is 0 Å². The van der Waals surface area contributed by atoms with Crippen LogP contribution in [0.1, 0.15) is 52.5 Å². The summed E-state index contributed by atoms with van der Waals surface area (Å²) in [6.45, 7) is 10.2. The lowest BCUT2D eigenvalue weighted by Gasteiger charge is -2.38. The molecule has 0 heterocycles. The molecular formula is C23H32O3. The summed E-state index contributed by atoms with van der Waals surface area (Å²) in [5.74, 6) is 0.415. The molecule has 0 N–H and O–H groups in total. The van der Waals surface area contributed by atoms with Crippen molar-refractivity contribution in [3.05, 3.63) is 60.2 Å². The lowest BCUT2D eigenvalue weighted by Crippen LogP contribution is -2.36. The predicted octanol–water partition coefficient (Wildman–Crippen LogP) is 5.33. The summed E-state index contributed by atoms with van der Waals surface area (Å²) in [6.07, 6.45) is 8.91. The standard InChI is InChI=1S/C13H20O.C10H12O2/c1-5-7-11(14)12-10(2)8-6-9-13(12,3)4;1-8(10(11)12-2)9-6-4-3-5-7-9/h5-8,10,12H,9H2,1-4H3;3-8H,1-2H3. The molecule has 0 aromatic heterocycles. The number of methoxy groups -OCH3 is 1. The molecule has 3 heteroatoms. The number of benzene rings is 1. The average molecular weight is 357 g/mol. The van der Waals surface area contributed by atoms with E-state index in [0.29, 0.717) is 5.92 Å². The Kier molecular flexibility index (Phi) is 8.50. The van der Waals surface area contributed by atoms with E-state index >= 15 is 0 Å². The molecule has 0 spiro atoms. The monoisotopic (exact) mass is 356 g/mol. The SMILES string of the molecule is CC=CC(=O)C1C(C)C=CCC1(C)C.COC(=O)C(C)c1ccccc1. The third kappa shape index (κ3) is 5.98. The topological polar surface area (TPSA) is 43.4 Å². The molecule has 0 saturated carbocycles. The second kappa shape index (κ2) is 10.1. The van der Waals surface area contributed by atoms with Gasteiger partial charge in [0.1, 0.15) is 0 Å². The first-order valence-electron chi connectivity index (χ1n) is 9.20. The normalized spacial score (nSPS) is 22.2. The van der Waals surface area contributed by atoms with Crippen molar-refractivity contribution in [3.63, 3.8) is 0 Å². The van der Waals surface area contributed by atoms with Gasteiger partial charge in [-0.2, -0.15) is 0 Å². The molecular weight excluding hydrogens is 324 g/mol. The average Bonchev–Trinajstić information content (AvgIpc) is 2.61. The summed E-state index contributed by atoms with van der Waals surface area (Å²) < 4.78 is 4.63. The van der Waals surface area contributed by atoms with E-state index in [0.717, 1.165) is 12.0 Å². The first kappa shape index (κ1) is 21.9. The van der Waals surface area contributed by atoms with Crippen LogP contribution < -0.4 is 0 Å². The van der Waals surface area contributed by atoms with Crippen LogP contribution in [0, 0.1) is 17.3 Å². The van der Waals surface area contributed by atoms with Crippen LogP contribution in [0.15, 0.2) is 54.6 Å². The Morgan fingerprint density at radius 2 is 1.85 bits per heavy atom. The maximum absolute atomic E-state index is 11.9. The Morgan fingerprint density at radius 3 is 2.35 bits per heavy atom. The minimum Gasteiger partial charge on any atom is -0.469 e. The molecule has 1 aliphatic rings. The number of esters is 1. The molecule has 0 saturated heterocycles. The quantitative estimate of drug-likeness (QED) is 0.416. The van der Waals surface area contributed by atoms with Crippen molar-refractivity contribution in [1.29, 1.82) is 0 Å². The van der Waals surface area contributed by atoms with E-state index in [-0.39, 0.29) is 29.0 Å². The largest absolute Gasteiger partial charge is 0.469 e. The molecule has 142 valence electrons. The number of ketones is 1. The van der Waals surface area contributed by atoms with Gasteiger partial charge in [0.15, 0.2) is 5.78 Å². The second-order valence-electron chi connectivity index (χ2n) is 7.52. The summed E-state index contributed by atoms with van der Waals surface area (Å²) in [5.41, 5.74) is 1.09. The molecule has 2 rings (SSSR count). The van der Waals surface area contributed by atoms with Crippen LogP contribution in [0.2, 0.25) is 0 Å². The Morgan fingerprint density at radius 1 is 1.23 bits per heavy atom. The van der Waals surface area contributed by atoms with Gasteiger partial charge in [0.05, 0.1) is 13.0 Å². The van der Waals surface area contributed by atoms with Gasteiger partial charge in [0.25, 0.3) is 0 Å². The molecule has 0 amide bonds. The van der Waals surface area contributed by atoms with E-state index in [1.165, 1.54) is 7.11 Å². The van der Waals surface area contributed by atoms with Gasteiger partial charge < -0.3 is 4.74 Å². The van der Waals surface area contributed by atoms with Crippen molar-refractivity contribution in [2.45, 2.75) is 47.0 Å². The molecule has 26 heavy (non-hydrogen) atoms. The minimum atomic E-state index is -0.193. The van der Waals surface area contributed by atoms with Crippen LogP contribution in [0.5, 0.6) is 0 Å². The highest BCUT2D eigenvalue weighted by Crippen LogP contribution is 2.41. The summed E-state index contributed by atoms with van der Waals surface area (Å²) in [7, 11) is 1.40. The third-order valence-corrected chi connectivity index (χ3v) is 4.94. The minimum absolute atomic E-state index is 0.102. The summed E-state index contributed by atoms with van der Waals surface area (Å²) >= 11 is 0. The number of hydrogen-bond acceptors (Lipinski definition) is 3. The predicted molar refractivity (Wildman–Crippen MR) is 107 cm³/mol. The number of carbonyl (C=O) groups excluding carboxylic acids is 2. The van der Waals surface area contributed by atoms with Crippen LogP contribution in [0.25, 0.3) is 0 Å². The molecule has 0 bridgehead atoms. The van der Waals surface area contributed by atoms with Crippen molar-refractivity contribution < 1.29 is 14.3 Å². The molecule has 3 atom stereocenters. The Bertz CT molecular complexity index is 641. The van der Waals surface area contributed by atoms with Gasteiger partial charge in [-0.3, -0.25) is 9.59 Å². The third-order valence-electron chi connectivity index (χ3n) is 4.94. The summed E-state index contributed by atoms with van der Waals surface area (Å²) in [5, 5.41) is 0. The van der Waals surface area contributed by atoms with Gasteiger partial charge in [-0.1, -0.05) is 69.3 Å². The fourth-order valence-electron chi connectivity index (χ4n) is 3.50. The fourth-order valence-corrected chi connectivity index (χ4v) is 3.50. The van der Waals surface area contributed by atoms with E-state index < -0.39 is 0 Å². The molecule has 0 aliphatic heterocycles. The lowest BCUT2D eigenvalue weighted by atomic mass is 9.65. The number of rotatable bonds is 4. The van der Waals surface area contributed by atoms with Crippen molar-refractivity contribution in [2.75, 3.05) is 7.11 Å². The van der Waals surface area contributed by atoms with E-state index in [1.807, 2.05) is 50.3 Å². The van der Waals surface area contributed by atoms with Gasteiger partial charge in [-0.25, -0.2) is 0 Å². The van der Waals surface area contributed by atoms with Crippen LogP contribution in [-0.2, 0) is 14.3 Å². The highest BCUT2D eigenvalue weighted by Gasteiger charge is 2.38. The molecule has 1 aromatic carbocycles. The van der Waals surface area contributed by atoms with Crippen molar-refractivity contribution in [1.82, 2.24) is 0 Å². The van der Waals surface area contributed by atoms with E-state index in [4.69, 9.17) is 0 Å². The number of allylic oxidation sites excluding steroid dienone is 4. The molecule has 3 unspecified atom stereocenters.